The first-order valence-corrected chi connectivity index (χ1v) is 8.88. The smallest absolute Gasteiger partial charge is 0.244 e. The van der Waals surface area contributed by atoms with Gasteiger partial charge in [-0.2, -0.15) is 0 Å². The van der Waals surface area contributed by atoms with Crippen molar-refractivity contribution in [2.24, 2.45) is 0 Å². The molecule has 0 fully saturated rings. The van der Waals surface area contributed by atoms with Gasteiger partial charge in [0.1, 0.15) is 18.2 Å². The van der Waals surface area contributed by atoms with Gasteiger partial charge in [0.25, 0.3) is 0 Å². The van der Waals surface area contributed by atoms with Crippen molar-refractivity contribution in [1.82, 2.24) is 9.55 Å². The average Bonchev–Trinajstić information content (AvgIpc) is 2.88. The van der Waals surface area contributed by atoms with Crippen molar-refractivity contribution in [3.05, 3.63) is 42.2 Å². The maximum absolute atomic E-state index is 13.8. The lowest BCUT2D eigenvalue weighted by molar-refractivity contribution is -0.116. The molecule has 6 nitrogen and oxygen atoms in total. The summed E-state index contributed by atoms with van der Waals surface area (Å²) >= 11 is 0. The zero-order chi connectivity index (χ0) is 17.2. The Hall–Kier alpha value is -2.22. The molecule has 0 radical (unpaired) electrons. The lowest BCUT2D eigenvalue weighted by Gasteiger charge is -2.11. The fraction of sp³-hybridized carbons (Fsp3) is 0.333. The SMILES string of the molecule is CC(C)c1nccn1CC(=O)Nc1cc(S(C)(=O)=O)ccc1F. The van der Waals surface area contributed by atoms with Gasteiger partial charge in [-0.3, -0.25) is 4.79 Å². The Morgan fingerprint density at radius 2 is 2.09 bits per heavy atom. The molecule has 0 aliphatic rings. The van der Waals surface area contributed by atoms with Crippen LogP contribution >= 0.6 is 0 Å². The summed E-state index contributed by atoms with van der Waals surface area (Å²) < 4.78 is 38.5. The number of sulfone groups is 1. The number of amides is 1. The number of nitrogens with zero attached hydrogens (tertiary/aromatic N) is 2. The van der Waals surface area contributed by atoms with Crippen LogP contribution in [0.5, 0.6) is 0 Å². The van der Waals surface area contributed by atoms with Crippen molar-refractivity contribution < 1.29 is 17.6 Å². The third-order valence-corrected chi connectivity index (χ3v) is 4.33. The highest BCUT2D eigenvalue weighted by atomic mass is 32.2. The molecule has 0 aliphatic heterocycles. The minimum Gasteiger partial charge on any atom is -0.325 e. The summed E-state index contributed by atoms with van der Waals surface area (Å²) in [5, 5.41) is 2.40. The van der Waals surface area contributed by atoms with Crippen molar-refractivity contribution in [2.45, 2.75) is 31.2 Å². The monoisotopic (exact) mass is 339 g/mol. The lowest BCUT2D eigenvalue weighted by Crippen LogP contribution is -2.21. The number of nitrogens with one attached hydrogen (secondary N) is 1. The first-order chi connectivity index (χ1) is 10.7. The number of hydrogen-bond acceptors (Lipinski definition) is 4. The standard InChI is InChI=1S/C15H18FN3O3S/c1-10(2)15-17-6-7-19(15)9-14(20)18-13-8-11(23(3,21)22)4-5-12(13)16/h4-8,10H,9H2,1-3H3,(H,18,20). The van der Waals surface area contributed by atoms with Crippen LogP contribution in [0, 0.1) is 5.82 Å². The van der Waals surface area contributed by atoms with Crippen LogP contribution in [0.25, 0.3) is 0 Å². The van der Waals surface area contributed by atoms with Gasteiger partial charge in [0.05, 0.1) is 10.6 Å². The van der Waals surface area contributed by atoms with Crippen LogP contribution in [-0.2, 0) is 21.2 Å². The molecule has 0 bridgehead atoms. The highest BCUT2D eigenvalue weighted by Gasteiger charge is 2.15. The van der Waals surface area contributed by atoms with E-state index in [4.69, 9.17) is 0 Å². The molecular weight excluding hydrogens is 321 g/mol. The minimum absolute atomic E-state index is 0.0317. The van der Waals surface area contributed by atoms with Gasteiger partial charge in [0, 0.05) is 24.6 Å². The number of halogens is 1. The second kappa shape index (κ2) is 6.49. The Morgan fingerprint density at radius 3 is 2.70 bits per heavy atom. The van der Waals surface area contributed by atoms with Gasteiger partial charge in [-0.05, 0) is 18.2 Å². The second-order valence-corrected chi connectivity index (χ2v) is 7.55. The van der Waals surface area contributed by atoms with E-state index in [1.807, 2.05) is 13.8 Å². The molecule has 0 saturated heterocycles. The van der Waals surface area contributed by atoms with E-state index >= 15 is 0 Å². The van der Waals surface area contributed by atoms with Gasteiger partial charge in [-0.1, -0.05) is 13.8 Å². The van der Waals surface area contributed by atoms with Crippen molar-refractivity contribution in [3.8, 4) is 0 Å². The largest absolute Gasteiger partial charge is 0.325 e. The Morgan fingerprint density at radius 1 is 1.39 bits per heavy atom. The summed E-state index contributed by atoms with van der Waals surface area (Å²) in [5.74, 6) is -0.275. The summed E-state index contributed by atoms with van der Waals surface area (Å²) in [6.07, 6.45) is 4.28. The van der Waals surface area contributed by atoms with Gasteiger partial charge in [-0.15, -0.1) is 0 Å². The molecule has 23 heavy (non-hydrogen) atoms. The van der Waals surface area contributed by atoms with Gasteiger partial charge < -0.3 is 9.88 Å². The highest BCUT2D eigenvalue weighted by molar-refractivity contribution is 7.90. The van der Waals surface area contributed by atoms with Crippen molar-refractivity contribution in [3.63, 3.8) is 0 Å². The minimum atomic E-state index is -3.48. The number of hydrogen-bond donors (Lipinski definition) is 1. The second-order valence-electron chi connectivity index (χ2n) is 5.53. The molecule has 1 aromatic carbocycles. The number of aromatic nitrogens is 2. The van der Waals surface area contributed by atoms with Crippen molar-refractivity contribution >= 4 is 21.4 Å². The van der Waals surface area contributed by atoms with E-state index in [2.05, 4.69) is 10.3 Å². The van der Waals surface area contributed by atoms with Crippen LogP contribution in [0.3, 0.4) is 0 Å². The van der Waals surface area contributed by atoms with Crippen LogP contribution in [0.15, 0.2) is 35.5 Å². The Kier molecular flexibility index (Phi) is 4.84. The maximum atomic E-state index is 13.8. The van der Waals surface area contributed by atoms with E-state index in [1.165, 1.54) is 0 Å². The van der Waals surface area contributed by atoms with Crippen LogP contribution < -0.4 is 5.32 Å². The van der Waals surface area contributed by atoms with E-state index in [9.17, 15) is 17.6 Å². The van der Waals surface area contributed by atoms with E-state index in [-0.39, 0.29) is 23.0 Å². The predicted octanol–water partition coefficient (Wildman–Crippen LogP) is 2.19. The van der Waals surface area contributed by atoms with E-state index in [1.54, 1.807) is 17.0 Å². The third kappa shape index (κ3) is 4.16. The van der Waals surface area contributed by atoms with Crippen LogP contribution in [0.2, 0.25) is 0 Å². The average molecular weight is 339 g/mol. The van der Waals surface area contributed by atoms with Gasteiger partial charge >= 0.3 is 0 Å². The summed E-state index contributed by atoms with van der Waals surface area (Å²) in [4.78, 5) is 16.2. The number of anilines is 1. The summed E-state index contributed by atoms with van der Waals surface area (Å²) in [5.41, 5.74) is -0.163. The van der Waals surface area contributed by atoms with Gasteiger partial charge in [0.2, 0.25) is 5.91 Å². The first-order valence-electron chi connectivity index (χ1n) is 6.99. The Balaban J connectivity index is 2.19. The molecule has 0 saturated carbocycles. The number of imidazole rings is 1. The van der Waals surface area contributed by atoms with Crippen molar-refractivity contribution in [1.29, 1.82) is 0 Å². The molecule has 1 amide bonds. The Labute approximate surface area is 134 Å². The van der Waals surface area contributed by atoms with Crippen LogP contribution in [-0.4, -0.2) is 30.1 Å². The van der Waals surface area contributed by atoms with E-state index < -0.39 is 21.6 Å². The molecule has 1 aromatic heterocycles. The first kappa shape index (κ1) is 17.1. The van der Waals surface area contributed by atoms with Crippen LogP contribution in [0.1, 0.15) is 25.6 Å². The van der Waals surface area contributed by atoms with Crippen LogP contribution in [0.4, 0.5) is 10.1 Å². The van der Waals surface area contributed by atoms with E-state index in [0.717, 1.165) is 30.3 Å². The summed E-state index contributed by atoms with van der Waals surface area (Å²) in [6, 6.07) is 3.29. The molecule has 0 aliphatic carbocycles. The predicted molar refractivity (Wildman–Crippen MR) is 84.5 cm³/mol. The lowest BCUT2D eigenvalue weighted by atomic mass is 10.2. The van der Waals surface area contributed by atoms with Gasteiger partial charge in [0.15, 0.2) is 9.84 Å². The van der Waals surface area contributed by atoms with E-state index in [0.29, 0.717) is 0 Å². The molecule has 1 N–H and O–H groups in total. The van der Waals surface area contributed by atoms with Gasteiger partial charge in [-0.25, -0.2) is 17.8 Å². The fourth-order valence-corrected chi connectivity index (χ4v) is 2.78. The molecule has 124 valence electrons. The number of rotatable bonds is 5. The zero-order valence-electron chi connectivity index (χ0n) is 13.1. The normalized spacial score (nSPS) is 11.7. The quantitative estimate of drug-likeness (QED) is 0.847. The Bertz CT molecular complexity index is 828. The molecular formula is C15H18FN3O3S. The number of carbonyl (C=O) groups excluding carboxylic acids is 1. The molecule has 1 heterocycles. The van der Waals surface area contributed by atoms with Crippen molar-refractivity contribution in [2.75, 3.05) is 11.6 Å². The summed E-state index contributed by atoms with van der Waals surface area (Å²) in [7, 11) is -3.48. The topological polar surface area (TPSA) is 81.1 Å². The molecule has 2 rings (SSSR count). The molecule has 8 heteroatoms. The number of carbonyl (C=O) groups is 1. The zero-order valence-corrected chi connectivity index (χ0v) is 13.9. The highest BCUT2D eigenvalue weighted by Crippen LogP contribution is 2.20. The maximum Gasteiger partial charge on any atom is 0.244 e. The summed E-state index contributed by atoms with van der Waals surface area (Å²) in [6.45, 7) is 3.87. The molecule has 0 spiro atoms. The molecule has 0 atom stereocenters. The molecule has 0 unspecified atom stereocenters. The third-order valence-electron chi connectivity index (χ3n) is 3.22. The number of benzene rings is 1. The molecule has 2 aromatic rings. The fourth-order valence-electron chi connectivity index (χ4n) is 2.13.